The van der Waals surface area contributed by atoms with Crippen molar-refractivity contribution in [2.75, 3.05) is 13.1 Å². The van der Waals surface area contributed by atoms with Gasteiger partial charge in [0, 0.05) is 50.7 Å². The summed E-state index contributed by atoms with van der Waals surface area (Å²) in [6.45, 7) is 6.53. The van der Waals surface area contributed by atoms with Crippen LogP contribution in [0.15, 0.2) is 54.7 Å². The first-order valence-electron chi connectivity index (χ1n) is 9.58. The lowest BCUT2D eigenvalue weighted by molar-refractivity contribution is -0.120. The maximum absolute atomic E-state index is 11.5. The van der Waals surface area contributed by atoms with Crippen LogP contribution in [-0.4, -0.2) is 34.0 Å². The smallest absolute Gasteiger partial charge is 0.217 e. The molecule has 1 aliphatic rings. The summed E-state index contributed by atoms with van der Waals surface area (Å²) < 4.78 is 2.15. The third-order valence-corrected chi connectivity index (χ3v) is 5.64. The van der Waals surface area contributed by atoms with Crippen molar-refractivity contribution >= 4 is 16.8 Å². The van der Waals surface area contributed by atoms with E-state index in [9.17, 15) is 4.79 Å². The summed E-state index contributed by atoms with van der Waals surface area (Å²) in [5.74, 6) is 0.0518. The second-order valence-electron chi connectivity index (χ2n) is 8.06. The minimum atomic E-state index is -0.121. The van der Waals surface area contributed by atoms with E-state index in [0.29, 0.717) is 0 Å². The molecule has 1 aliphatic heterocycles. The second kappa shape index (κ2) is 6.86. The molecule has 27 heavy (non-hydrogen) atoms. The summed E-state index contributed by atoms with van der Waals surface area (Å²) in [5, 5.41) is 4.39. The lowest BCUT2D eigenvalue weighted by Gasteiger charge is -2.26. The van der Waals surface area contributed by atoms with Crippen LogP contribution >= 0.6 is 0 Å². The summed E-state index contributed by atoms with van der Waals surface area (Å²) in [7, 11) is 2.08. The Hall–Kier alpha value is -2.59. The number of hydrogen-bond donors (Lipinski definition) is 1. The Balaban J connectivity index is 1.59. The number of nitrogens with one attached hydrogen (secondary N) is 1. The molecular formula is C23H27N3O. The summed E-state index contributed by atoms with van der Waals surface area (Å²) >= 11 is 0. The number of hydrogen-bond acceptors (Lipinski definition) is 2. The number of benzene rings is 2. The van der Waals surface area contributed by atoms with Crippen LogP contribution in [0.1, 0.15) is 25.8 Å². The van der Waals surface area contributed by atoms with Crippen LogP contribution in [0.2, 0.25) is 0 Å². The Morgan fingerprint density at radius 2 is 2.00 bits per heavy atom. The molecule has 3 aromatic rings. The largest absolute Gasteiger partial charge is 0.351 e. The van der Waals surface area contributed by atoms with E-state index in [1.54, 1.807) is 6.92 Å². The molecule has 4 nitrogen and oxygen atoms in total. The highest BCUT2D eigenvalue weighted by Gasteiger charge is 2.34. The van der Waals surface area contributed by atoms with E-state index in [4.69, 9.17) is 0 Å². The van der Waals surface area contributed by atoms with E-state index in [0.717, 1.165) is 26.1 Å². The molecule has 140 valence electrons. The van der Waals surface area contributed by atoms with Crippen LogP contribution in [0.25, 0.3) is 22.0 Å². The fraction of sp³-hybridized carbons (Fsp3) is 0.348. The number of aryl methyl sites for hydroxylation is 1. The zero-order chi connectivity index (χ0) is 19.0. The van der Waals surface area contributed by atoms with Crippen LogP contribution < -0.4 is 5.32 Å². The normalized spacial score (nSPS) is 20.3. The lowest BCUT2D eigenvalue weighted by atomic mass is 9.98. The molecule has 0 bridgehead atoms. The van der Waals surface area contributed by atoms with Crippen molar-refractivity contribution in [2.45, 2.75) is 32.4 Å². The summed E-state index contributed by atoms with van der Waals surface area (Å²) in [6.07, 6.45) is 3.10. The Morgan fingerprint density at radius 3 is 2.81 bits per heavy atom. The minimum Gasteiger partial charge on any atom is -0.351 e. The number of likely N-dealkylation sites (tertiary alicyclic amines) is 1. The first-order valence-corrected chi connectivity index (χ1v) is 9.58. The number of carbonyl (C=O) groups is 1. The quantitative estimate of drug-likeness (QED) is 0.764. The van der Waals surface area contributed by atoms with Gasteiger partial charge in [0.25, 0.3) is 0 Å². The molecule has 1 N–H and O–H groups in total. The zero-order valence-electron chi connectivity index (χ0n) is 16.3. The second-order valence-corrected chi connectivity index (χ2v) is 8.06. The number of carbonyl (C=O) groups excluding carboxylic acids is 1. The van der Waals surface area contributed by atoms with E-state index < -0.39 is 0 Å². The van der Waals surface area contributed by atoms with Gasteiger partial charge in [-0.2, -0.15) is 0 Å². The first kappa shape index (κ1) is 17.8. The average molecular weight is 361 g/mol. The van der Waals surface area contributed by atoms with Gasteiger partial charge in [-0.15, -0.1) is 0 Å². The van der Waals surface area contributed by atoms with Gasteiger partial charge in [-0.1, -0.05) is 30.3 Å². The van der Waals surface area contributed by atoms with E-state index in [-0.39, 0.29) is 11.4 Å². The molecule has 0 aliphatic carbocycles. The molecule has 0 spiro atoms. The van der Waals surface area contributed by atoms with Crippen molar-refractivity contribution in [2.24, 2.45) is 7.05 Å². The number of amides is 1. The Kier molecular flexibility index (Phi) is 4.52. The summed E-state index contributed by atoms with van der Waals surface area (Å²) in [4.78, 5) is 13.9. The monoisotopic (exact) mass is 361 g/mol. The first-order chi connectivity index (χ1) is 12.9. The van der Waals surface area contributed by atoms with Gasteiger partial charge in [-0.05, 0) is 48.2 Å². The van der Waals surface area contributed by atoms with Gasteiger partial charge in [0.15, 0.2) is 0 Å². The van der Waals surface area contributed by atoms with Gasteiger partial charge in [0.05, 0.1) is 5.54 Å². The maximum Gasteiger partial charge on any atom is 0.217 e. The third kappa shape index (κ3) is 3.62. The van der Waals surface area contributed by atoms with Crippen LogP contribution in [0.3, 0.4) is 0 Å². The van der Waals surface area contributed by atoms with Crippen molar-refractivity contribution in [3.8, 4) is 11.1 Å². The van der Waals surface area contributed by atoms with E-state index in [2.05, 4.69) is 83.5 Å². The lowest BCUT2D eigenvalue weighted by Crippen LogP contribution is -2.46. The fourth-order valence-corrected chi connectivity index (χ4v) is 4.35. The van der Waals surface area contributed by atoms with Gasteiger partial charge in [-0.3, -0.25) is 9.69 Å². The van der Waals surface area contributed by atoms with Gasteiger partial charge in [0.2, 0.25) is 5.91 Å². The highest BCUT2D eigenvalue weighted by Crippen LogP contribution is 2.30. The molecule has 0 radical (unpaired) electrons. The predicted molar refractivity (Wildman–Crippen MR) is 110 cm³/mol. The van der Waals surface area contributed by atoms with Gasteiger partial charge in [-0.25, -0.2) is 0 Å². The number of aromatic nitrogens is 1. The van der Waals surface area contributed by atoms with Crippen molar-refractivity contribution < 1.29 is 4.79 Å². The maximum atomic E-state index is 11.5. The molecule has 2 aromatic carbocycles. The summed E-state index contributed by atoms with van der Waals surface area (Å²) in [5.41, 5.74) is 5.01. The van der Waals surface area contributed by atoms with Crippen molar-refractivity contribution in [3.05, 3.63) is 60.3 Å². The van der Waals surface area contributed by atoms with Crippen molar-refractivity contribution in [1.82, 2.24) is 14.8 Å². The molecule has 1 saturated heterocycles. The molecule has 4 rings (SSSR count). The van der Waals surface area contributed by atoms with E-state index in [1.165, 1.54) is 27.6 Å². The molecular weight excluding hydrogens is 334 g/mol. The zero-order valence-corrected chi connectivity index (χ0v) is 16.3. The van der Waals surface area contributed by atoms with Crippen LogP contribution in [0.4, 0.5) is 0 Å². The highest BCUT2D eigenvalue weighted by atomic mass is 16.1. The van der Waals surface area contributed by atoms with Crippen LogP contribution in [0, 0.1) is 0 Å². The fourth-order valence-electron chi connectivity index (χ4n) is 4.35. The molecule has 2 heterocycles. The standard InChI is InChI=1S/C23H27N3O/c1-17(27)24-23(2)11-13-26(16-23)15-20-6-4-5-7-21(20)18-8-9-22-19(14-18)10-12-25(22)3/h4-10,12,14H,11,13,15-16H2,1-3H3,(H,24,27). The number of rotatable bonds is 4. The molecule has 4 heteroatoms. The number of fused-ring (bicyclic) bond motifs is 1. The molecule has 1 atom stereocenters. The van der Waals surface area contributed by atoms with Crippen LogP contribution in [0.5, 0.6) is 0 Å². The van der Waals surface area contributed by atoms with Crippen LogP contribution in [-0.2, 0) is 18.4 Å². The topological polar surface area (TPSA) is 37.3 Å². The molecule has 1 fully saturated rings. The Labute approximate surface area is 160 Å². The van der Waals surface area contributed by atoms with Gasteiger partial charge < -0.3 is 9.88 Å². The van der Waals surface area contributed by atoms with Gasteiger partial charge in [0.1, 0.15) is 0 Å². The Morgan fingerprint density at radius 1 is 1.19 bits per heavy atom. The Bertz CT molecular complexity index is 990. The third-order valence-electron chi connectivity index (χ3n) is 5.64. The van der Waals surface area contributed by atoms with Gasteiger partial charge >= 0.3 is 0 Å². The molecule has 1 aromatic heterocycles. The molecule has 1 unspecified atom stereocenters. The minimum absolute atomic E-state index is 0.0518. The molecule has 1 amide bonds. The van der Waals surface area contributed by atoms with E-state index >= 15 is 0 Å². The number of nitrogens with zero attached hydrogens (tertiary/aromatic N) is 2. The van der Waals surface area contributed by atoms with Crippen molar-refractivity contribution in [3.63, 3.8) is 0 Å². The average Bonchev–Trinajstić information content (AvgIpc) is 3.17. The SMILES string of the molecule is CC(=O)NC1(C)CCN(Cc2ccccc2-c2ccc3c(ccn3C)c2)C1. The predicted octanol–water partition coefficient (Wildman–Crippen LogP) is 3.95. The summed E-state index contributed by atoms with van der Waals surface area (Å²) in [6, 6.07) is 17.5. The highest BCUT2D eigenvalue weighted by molar-refractivity contribution is 5.86. The van der Waals surface area contributed by atoms with E-state index in [1.807, 2.05) is 0 Å². The molecule has 0 saturated carbocycles. The van der Waals surface area contributed by atoms with Crippen molar-refractivity contribution in [1.29, 1.82) is 0 Å².